The molecule has 0 spiro atoms. The second kappa shape index (κ2) is 4.80. The summed E-state index contributed by atoms with van der Waals surface area (Å²) in [5.74, 6) is -1.34. The summed E-state index contributed by atoms with van der Waals surface area (Å²) in [4.78, 5) is 25.0. The predicted octanol–water partition coefficient (Wildman–Crippen LogP) is -0.504. The first-order valence-electron chi connectivity index (χ1n) is 7.05. The third kappa shape index (κ3) is 2.51. The fourth-order valence-electron chi connectivity index (χ4n) is 2.85. The molecule has 0 bridgehead atoms. The number of carboxylic acid groups (broad SMARTS) is 1. The minimum Gasteiger partial charge on any atom is -0.480 e. The van der Waals surface area contributed by atoms with E-state index in [0.717, 1.165) is 0 Å². The summed E-state index contributed by atoms with van der Waals surface area (Å²) in [5.41, 5.74) is -2.12. The van der Waals surface area contributed by atoms with Gasteiger partial charge in [0.1, 0.15) is 5.41 Å². The first-order valence-corrected chi connectivity index (χ1v) is 7.05. The molecular formula is C13H18N4O4. The summed E-state index contributed by atoms with van der Waals surface area (Å²) in [6, 6.07) is 0. The molecule has 1 aliphatic heterocycles. The zero-order chi connectivity index (χ0) is 15.1. The number of carboxylic acids is 1. The number of aromatic nitrogens is 3. The average Bonchev–Trinajstić information content (AvgIpc) is 3.12. The number of hydrogen-bond donors (Lipinski definition) is 2. The van der Waals surface area contributed by atoms with Crippen molar-refractivity contribution in [3.63, 3.8) is 0 Å². The molecule has 1 amide bonds. The monoisotopic (exact) mass is 294 g/mol. The molecule has 2 N–H and O–H groups in total. The van der Waals surface area contributed by atoms with Crippen LogP contribution in [-0.4, -0.2) is 60.7 Å². The third-order valence-corrected chi connectivity index (χ3v) is 4.48. The van der Waals surface area contributed by atoms with Crippen LogP contribution in [0.2, 0.25) is 0 Å². The molecule has 1 saturated heterocycles. The van der Waals surface area contributed by atoms with E-state index >= 15 is 0 Å². The smallest absolute Gasteiger partial charge is 0.319 e. The molecule has 1 aliphatic carbocycles. The fraction of sp³-hybridized carbons (Fsp3) is 0.692. The standard InChI is InChI=1S/C13H18N4O4/c18-10(13(1-2-13)11(19)20)16-6-3-12(21,4-7-16)9-17-8-5-14-15-17/h5,8,21H,1-4,6-7,9H2,(H,19,20). The Bertz CT molecular complexity index is 545. The minimum absolute atomic E-state index is 0.308. The van der Waals surface area contributed by atoms with Crippen molar-refractivity contribution in [2.24, 2.45) is 5.41 Å². The summed E-state index contributed by atoms with van der Waals surface area (Å²) >= 11 is 0. The van der Waals surface area contributed by atoms with Crippen molar-refractivity contribution >= 4 is 11.9 Å². The van der Waals surface area contributed by atoms with Crippen LogP contribution in [0.25, 0.3) is 0 Å². The van der Waals surface area contributed by atoms with E-state index in [1.54, 1.807) is 22.0 Å². The van der Waals surface area contributed by atoms with Gasteiger partial charge >= 0.3 is 5.97 Å². The van der Waals surface area contributed by atoms with Gasteiger partial charge in [-0.3, -0.25) is 9.59 Å². The SMILES string of the molecule is O=C(O)C1(C(=O)N2CCC(O)(Cn3ccnn3)CC2)CC1. The second-order valence-corrected chi connectivity index (χ2v) is 6.00. The lowest BCUT2D eigenvalue weighted by atomic mass is 9.90. The maximum absolute atomic E-state index is 12.3. The zero-order valence-corrected chi connectivity index (χ0v) is 11.6. The lowest BCUT2D eigenvalue weighted by Gasteiger charge is -2.38. The summed E-state index contributed by atoms with van der Waals surface area (Å²) in [6.07, 6.45) is 4.88. The summed E-state index contributed by atoms with van der Waals surface area (Å²) in [5, 5.41) is 27.2. The van der Waals surface area contributed by atoms with Gasteiger partial charge in [0, 0.05) is 19.3 Å². The molecule has 114 valence electrons. The lowest BCUT2D eigenvalue weighted by Crippen LogP contribution is -2.51. The highest BCUT2D eigenvalue weighted by Gasteiger charge is 2.59. The van der Waals surface area contributed by atoms with Gasteiger partial charge in [0.15, 0.2) is 0 Å². The lowest BCUT2D eigenvalue weighted by molar-refractivity contribution is -0.155. The number of carbonyl (C=O) groups is 2. The molecule has 0 radical (unpaired) electrons. The Balaban J connectivity index is 1.60. The van der Waals surface area contributed by atoms with Gasteiger partial charge < -0.3 is 15.1 Å². The van der Waals surface area contributed by atoms with Crippen molar-refractivity contribution in [2.75, 3.05) is 13.1 Å². The highest BCUT2D eigenvalue weighted by atomic mass is 16.4. The Morgan fingerprint density at radius 2 is 1.86 bits per heavy atom. The molecule has 2 aliphatic rings. The molecule has 0 atom stereocenters. The molecule has 2 fully saturated rings. The fourth-order valence-corrected chi connectivity index (χ4v) is 2.85. The summed E-state index contributed by atoms with van der Waals surface area (Å²) in [6.45, 7) is 1.08. The van der Waals surface area contributed by atoms with Crippen LogP contribution >= 0.6 is 0 Å². The van der Waals surface area contributed by atoms with Gasteiger partial charge in [0.25, 0.3) is 0 Å². The van der Waals surface area contributed by atoms with Crippen LogP contribution in [0.5, 0.6) is 0 Å². The molecule has 1 aromatic rings. The number of rotatable bonds is 4. The van der Waals surface area contributed by atoms with Crippen LogP contribution in [0.15, 0.2) is 12.4 Å². The number of aliphatic carboxylic acids is 1. The van der Waals surface area contributed by atoms with E-state index in [1.165, 1.54) is 0 Å². The van der Waals surface area contributed by atoms with Crippen molar-refractivity contribution in [3.05, 3.63) is 12.4 Å². The van der Waals surface area contributed by atoms with Gasteiger partial charge in [0.2, 0.25) is 5.91 Å². The Labute approximate surface area is 121 Å². The third-order valence-electron chi connectivity index (χ3n) is 4.48. The predicted molar refractivity (Wildman–Crippen MR) is 70.1 cm³/mol. The van der Waals surface area contributed by atoms with E-state index < -0.39 is 17.0 Å². The van der Waals surface area contributed by atoms with Crippen LogP contribution in [0, 0.1) is 5.41 Å². The largest absolute Gasteiger partial charge is 0.480 e. The Morgan fingerprint density at radius 1 is 1.19 bits per heavy atom. The van der Waals surface area contributed by atoms with Crippen LogP contribution in [-0.2, 0) is 16.1 Å². The van der Waals surface area contributed by atoms with Gasteiger partial charge in [-0.05, 0) is 25.7 Å². The number of aliphatic hydroxyl groups is 1. The van der Waals surface area contributed by atoms with Gasteiger partial charge in [-0.15, -0.1) is 5.10 Å². The maximum atomic E-state index is 12.3. The summed E-state index contributed by atoms with van der Waals surface area (Å²) in [7, 11) is 0. The first-order chi connectivity index (χ1) is 9.95. The number of carbonyl (C=O) groups excluding carboxylic acids is 1. The Morgan fingerprint density at radius 3 is 2.33 bits per heavy atom. The average molecular weight is 294 g/mol. The van der Waals surface area contributed by atoms with Gasteiger partial charge in [0.05, 0.1) is 18.3 Å². The van der Waals surface area contributed by atoms with Crippen LogP contribution in [0.3, 0.4) is 0 Å². The van der Waals surface area contributed by atoms with Gasteiger partial charge in [-0.25, -0.2) is 4.68 Å². The van der Waals surface area contributed by atoms with Crippen LogP contribution in [0.1, 0.15) is 25.7 Å². The van der Waals surface area contributed by atoms with Crippen molar-refractivity contribution in [1.82, 2.24) is 19.9 Å². The molecule has 21 heavy (non-hydrogen) atoms. The molecule has 1 aromatic heterocycles. The molecule has 0 unspecified atom stereocenters. The van der Waals surface area contributed by atoms with Crippen LogP contribution in [0.4, 0.5) is 0 Å². The number of piperidine rings is 1. The first kappa shape index (κ1) is 14.0. The zero-order valence-electron chi connectivity index (χ0n) is 11.6. The molecule has 1 saturated carbocycles. The molecule has 2 heterocycles. The molecule has 0 aromatic carbocycles. The van der Waals surface area contributed by atoms with E-state index in [-0.39, 0.29) is 5.91 Å². The number of hydrogen-bond acceptors (Lipinski definition) is 5. The van der Waals surface area contributed by atoms with E-state index in [2.05, 4.69) is 10.3 Å². The highest BCUT2D eigenvalue weighted by molar-refractivity contribution is 6.04. The molecule has 8 heteroatoms. The van der Waals surface area contributed by atoms with E-state index in [1.807, 2.05) is 0 Å². The van der Waals surface area contributed by atoms with Crippen molar-refractivity contribution < 1.29 is 19.8 Å². The molecular weight excluding hydrogens is 276 g/mol. The molecule has 3 rings (SSSR count). The van der Waals surface area contributed by atoms with Gasteiger partial charge in [-0.1, -0.05) is 5.21 Å². The summed E-state index contributed by atoms with van der Waals surface area (Å²) < 4.78 is 1.57. The number of likely N-dealkylation sites (tertiary alicyclic amines) is 1. The van der Waals surface area contributed by atoms with E-state index in [0.29, 0.717) is 45.3 Å². The molecule has 8 nitrogen and oxygen atoms in total. The quantitative estimate of drug-likeness (QED) is 0.724. The minimum atomic E-state index is -1.19. The normalized spacial score (nSPS) is 22.8. The van der Waals surface area contributed by atoms with Crippen molar-refractivity contribution in [3.8, 4) is 0 Å². The van der Waals surface area contributed by atoms with Crippen molar-refractivity contribution in [1.29, 1.82) is 0 Å². The van der Waals surface area contributed by atoms with Gasteiger partial charge in [-0.2, -0.15) is 0 Å². The van der Waals surface area contributed by atoms with E-state index in [9.17, 15) is 14.7 Å². The number of amides is 1. The topological polar surface area (TPSA) is 109 Å². The Hall–Kier alpha value is -1.96. The maximum Gasteiger partial charge on any atom is 0.319 e. The van der Waals surface area contributed by atoms with Crippen LogP contribution < -0.4 is 0 Å². The van der Waals surface area contributed by atoms with E-state index in [4.69, 9.17) is 5.11 Å². The Kier molecular flexibility index (Phi) is 3.20. The number of nitrogens with zero attached hydrogens (tertiary/aromatic N) is 4. The second-order valence-electron chi connectivity index (χ2n) is 6.00. The van der Waals surface area contributed by atoms with Crippen molar-refractivity contribution in [2.45, 2.75) is 37.8 Å². The highest BCUT2D eigenvalue weighted by Crippen LogP contribution is 2.48.